The van der Waals surface area contributed by atoms with E-state index in [9.17, 15) is 4.39 Å². The van der Waals surface area contributed by atoms with Crippen molar-refractivity contribution in [3.05, 3.63) is 29.6 Å². The van der Waals surface area contributed by atoms with Crippen LogP contribution >= 0.6 is 11.8 Å². The first kappa shape index (κ1) is 14.8. The van der Waals surface area contributed by atoms with Crippen molar-refractivity contribution in [2.75, 3.05) is 32.1 Å². The molecule has 1 unspecified atom stereocenters. The van der Waals surface area contributed by atoms with Gasteiger partial charge in [0.05, 0.1) is 13.2 Å². The highest BCUT2D eigenvalue weighted by molar-refractivity contribution is 7.99. The van der Waals surface area contributed by atoms with Crippen molar-refractivity contribution in [1.82, 2.24) is 5.32 Å². The van der Waals surface area contributed by atoms with E-state index in [1.54, 1.807) is 17.8 Å². The minimum atomic E-state index is -0.111. The molecule has 19 heavy (non-hydrogen) atoms. The lowest BCUT2D eigenvalue weighted by Gasteiger charge is -2.26. The van der Waals surface area contributed by atoms with Crippen molar-refractivity contribution in [2.45, 2.75) is 23.8 Å². The first-order valence-corrected chi connectivity index (χ1v) is 7.64. The van der Waals surface area contributed by atoms with Gasteiger partial charge in [0.15, 0.2) is 0 Å². The maximum absolute atomic E-state index is 13.7. The standard InChI is InChI=1S/C14H20FNO2S/c15-12-4-1-3-11-13(5-10-19-14(11)12)16-6-2-8-18-9-7-17/h1,3-4,13,16-17H,2,5-10H2. The fourth-order valence-corrected chi connectivity index (χ4v) is 3.36. The number of fused-ring (bicyclic) bond motifs is 1. The van der Waals surface area contributed by atoms with Gasteiger partial charge in [0, 0.05) is 17.5 Å². The predicted octanol–water partition coefficient (Wildman–Crippen LogP) is 2.35. The molecule has 0 spiro atoms. The molecule has 1 heterocycles. The molecule has 1 aliphatic heterocycles. The topological polar surface area (TPSA) is 41.5 Å². The van der Waals surface area contributed by atoms with Gasteiger partial charge in [-0.05, 0) is 36.8 Å². The molecular formula is C14H20FNO2S. The Morgan fingerprint density at radius 3 is 3.16 bits per heavy atom. The third-order valence-corrected chi connectivity index (χ3v) is 4.28. The second-order valence-electron chi connectivity index (χ2n) is 4.49. The molecule has 106 valence electrons. The highest BCUT2D eigenvalue weighted by Crippen LogP contribution is 2.37. The van der Waals surface area contributed by atoms with Crippen LogP contribution in [-0.4, -0.2) is 37.2 Å². The van der Waals surface area contributed by atoms with Crippen molar-refractivity contribution in [2.24, 2.45) is 0 Å². The lowest BCUT2D eigenvalue weighted by molar-refractivity contribution is 0.0903. The number of hydrogen-bond acceptors (Lipinski definition) is 4. The van der Waals surface area contributed by atoms with Crippen molar-refractivity contribution in [3.8, 4) is 0 Å². The molecule has 0 radical (unpaired) electrons. The van der Waals surface area contributed by atoms with Crippen molar-refractivity contribution in [3.63, 3.8) is 0 Å². The predicted molar refractivity (Wildman–Crippen MR) is 75.0 cm³/mol. The summed E-state index contributed by atoms with van der Waals surface area (Å²) in [5, 5.41) is 12.0. The number of rotatable bonds is 7. The number of ether oxygens (including phenoxy) is 1. The van der Waals surface area contributed by atoms with Gasteiger partial charge in [-0.3, -0.25) is 0 Å². The normalized spacial score (nSPS) is 18.3. The molecular weight excluding hydrogens is 265 g/mol. The molecule has 0 saturated carbocycles. The molecule has 2 rings (SSSR count). The van der Waals surface area contributed by atoms with E-state index in [0.29, 0.717) is 13.2 Å². The van der Waals surface area contributed by atoms with E-state index in [1.165, 1.54) is 6.07 Å². The average molecular weight is 285 g/mol. The first-order chi connectivity index (χ1) is 9.33. The minimum absolute atomic E-state index is 0.0694. The maximum atomic E-state index is 13.7. The summed E-state index contributed by atoms with van der Waals surface area (Å²) >= 11 is 1.60. The zero-order chi connectivity index (χ0) is 13.5. The van der Waals surface area contributed by atoms with Gasteiger partial charge in [-0.15, -0.1) is 11.8 Å². The monoisotopic (exact) mass is 285 g/mol. The summed E-state index contributed by atoms with van der Waals surface area (Å²) in [6, 6.07) is 5.55. The highest BCUT2D eigenvalue weighted by atomic mass is 32.2. The van der Waals surface area contributed by atoms with Gasteiger partial charge in [-0.1, -0.05) is 12.1 Å². The molecule has 0 bridgehead atoms. The van der Waals surface area contributed by atoms with Crippen LogP contribution in [0, 0.1) is 5.82 Å². The Morgan fingerprint density at radius 1 is 1.42 bits per heavy atom. The fraction of sp³-hybridized carbons (Fsp3) is 0.571. The van der Waals surface area contributed by atoms with Crippen LogP contribution < -0.4 is 5.32 Å². The molecule has 1 aromatic carbocycles. The van der Waals surface area contributed by atoms with Crippen molar-refractivity contribution < 1.29 is 14.2 Å². The minimum Gasteiger partial charge on any atom is -0.394 e. The van der Waals surface area contributed by atoms with Crippen LogP contribution in [0.5, 0.6) is 0 Å². The van der Waals surface area contributed by atoms with Gasteiger partial charge >= 0.3 is 0 Å². The summed E-state index contributed by atoms with van der Waals surface area (Å²) in [6.07, 6.45) is 1.92. The van der Waals surface area contributed by atoms with E-state index in [-0.39, 0.29) is 18.5 Å². The molecule has 1 aromatic rings. The molecule has 1 aliphatic rings. The number of thioether (sulfide) groups is 1. The summed E-state index contributed by atoms with van der Waals surface area (Å²) in [5.41, 5.74) is 1.08. The lowest BCUT2D eigenvalue weighted by Crippen LogP contribution is -2.26. The van der Waals surface area contributed by atoms with E-state index in [0.717, 1.165) is 35.6 Å². The molecule has 1 atom stereocenters. The summed E-state index contributed by atoms with van der Waals surface area (Å²) in [7, 11) is 0. The SMILES string of the molecule is OCCOCCCNC1CCSc2c(F)cccc21. The van der Waals surface area contributed by atoms with Crippen molar-refractivity contribution in [1.29, 1.82) is 0 Å². The summed E-state index contributed by atoms with van der Waals surface area (Å²) in [6.45, 7) is 1.95. The quantitative estimate of drug-likeness (QED) is 0.755. The van der Waals surface area contributed by atoms with Gasteiger partial charge in [-0.2, -0.15) is 0 Å². The van der Waals surface area contributed by atoms with Gasteiger partial charge in [0.1, 0.15) is 5.82 Å². The van der Waals surface area contributed by atoms with Crippen molar-refractivity contribution >= 4 is 11.8 Å². The molecule has 0 amide bonds. The van der Waals surface area contributed by atoms with Crippen LogP contribution in [0.2, 0.25) is 0 Å². The van der Waals surface area contributed by atoms with Crippen LogP contribution in [0.25, 0.3) is 0 Å². The smallest absolute Gasteiger partial charge is 0.137 e. The van der Waals surface area contributed by atoms with E-state index in [1.807, 2.05) is 6.07 Å². The van der Waals surface area contributed by atoms with Gasteiger partial charge in [0.2, 0.25) is 0 Å². The van der Waals surface area contributed by atoms with Crippen LogP contribution in [0.3, 0.4) is 0 Å². The van der Waals surface area contributed by atoms with E-state index < -0.39 is 0 Å². The number of aliphatic hydroxyl groups is 1. The maximum Gasteiger partial charge on any atom is 0.137 e. The van der Waals surface area contributed by atoms with Crippen LogP contribution in [0.1, 0.15) is 24.4 Å². The number of benzene rings is 1. The zero-order valence-corrected chi connectivity index (χ0v) is 11.7. The van der Waals surface area contributed by atoms with E-state index in [2.05, 4.69) is 5.32 Å². The highest BCUT2D eigenvalue weighted by Gasteiger charge is 2.22. The first-order valence-electron chi connectivity index (χ1n) is 6.66. The Kier molecular flexibility index (Phi) is 6.10. The molecule has 3 nitrogen and oxygen atoms in total. The van der Waals surface area contributed by atoms with Gasteiger partial charge in [0.25, 0.3) is 0 Å². The third-order valence-electron chi connectivity index (χ3n) is 3.12. The molecule has 5 heteroatoms. The zero-order valence-electron chi connectivity index (χ0n) is 10.9. The molecule has 0 aliphatic carbocycles. The summed E-state index contributed by atoms with van der Waals surface area (Å²) in [5.74, 6) is 0.840. The Hall–Kier alpha value is -0.620. The molecule has 0 aromatic heterocycles. The second-order valence-corrected chi connectivity index (χ2v) is 5.60. The van der Waals surface area contributed by atoms with E-state index in [4.69, 9.17) is 9.84 Å². The second kappa shape index (κ2) is 7.85. The Labute approximate surface area is 117 Å². The third kappa shape index (κ3) is 4.18. The average Bonchev–Trinajstić information content (AvgIpc) is 2.43. The Morgan fingerprint density at radius 2 is 2.32 bits per heavy atom. The van der Waals surface area contributed by atoms with Gasteiger partial charge in [-0.25, -0.2) is 4.39 Å². The number of nitrogens with one attached hydrogen (secondary N) is 1. The largest absolute Gasteiger partial charge is 0.394 e. The number of hydrogen-bond donors (Lipinski definition) is 2. The van der Waals surface area contributed by atoms with E-state index >= 15 is 0 Å². The van der Waals surface area contributed by atoms with Crippen LogP contribution in [0.15, 0.2) is 23.1 Å². The molecule has 2 N–H and O–H groups in total. The Bertz CT molecular complexity index is 403. The fourth-order valence-electron chi connectivity index (χ4n) is 2.22. The number of halogens is 1. The Balaban J connectivity index is 1.81. The lowest BCUT2D eigenvalue weighted by atomic mass is 10.0. The number of aliphatic hydroxyl groups excluding tert-OH is 1. The molecule has 0 fully saturated rings. The molecule has 0 saturated heterocycles. The van der Waals surface area contributed by atoms with Crippen LogP contribution in [-0.2, 0) is 4.74 Å². The van der Waals surface area contributed by atoms with Gasteiger partial charge < -0.3 is 15.2 Å². The summed E-state index contributed by atoms with van der Waals surface area (Å²) in [4.78, 5) is 0.794. The van der Waals surface area contributed by atoms with Crippen LogP contribution in [0.4, 0.5) is 4.39 Å². The summed E-state index contributed by atoms with van der Waals surface area (Å²) < 4.78 is 18.9.